The Hall–Kier alpha value is -2.73. The number of rotatable bonds is 5. The summed E-state index contributed by atoms with van der Waals surface area (Å²) >= 11 is 5.96. The molecule has 0 amide bonds. The van der Waals surface area contributed by atoms with E-state index in [-0.39, 0.29) is 5.56 Å². The number of aromatic amines is 1. The van der Waals surface area contributed by atoms with Crippen LogP contribution in [0.15, 0.2) is 42.6 Å². The minimum absolute atomic E-state index is 0.342. The molecule has 0 spiro atoms. The summed E-state index contributed by atoms with van der Waals surface area (Å²) in [5.74, 6) is -4.96. The summed E-state index contributed by atoms with van der Waals surface area (Å²) in [5.41, 5.74) is 0.706. The molecule has 0 saturated heterocycles. The molecule has 0 fully saturated rings. The molecule has 2 N–H and O–H groups in total. The number of carboxylic acids is 1. The van der Waals surface area contributed by atoms with Gasteiger partial charge in [0.1, 0.15) is 11.6 Å². The van der Waals surface area contributed by atoms with E-state index in [0.717, 1.165) is 12.1 Å². The largest absolute Gasteiger partial charge is 0.481 e. The van der Waals surface area contributed by atoms with E-state index in [1.807, 2.05) is 0 Å². The zero-order valence-corrected chi connectivity index (χ0v) is 13.5. The number of fused-ring (bicyclic) bond motifs is 1. The van der Waals surface area contributed by atoms with E-state index in [1.165, 1.54) is 6.20 Å². The maximum Gasteiger partial charge on any atom is 0.311 e. The number of nitrogens with one attached hydrogen (secondary N) is 1. The molecule has 0 radical (unpaired) electrons. The van der Waals surface area contributed by atoms with Gasteiger partial charge in [-0.2, -0.15) is 0 Å². The highest BCUT2D eigenvalue weighted by atomic mass is 35.5. The van der Waals surface area contributed by atoms with Crippen molar-refractivity contribution >= 4 is 34.3 Å². The lowest BCUT2D eigenvalue weighted by molar-refractivity contribution is -0.138. The van der Waals surface area contributed by atoms with Crippen molar-refractivity contribution in [1.82, 2.24) is 4.98 Å². The van der Waals surface area contributed by atoms with Gasteiger partial charge in [0, 0.05) is 34.6 Å². The van der Waals surface area contributed by atoms with Crippen molar-refractivity contribution in [2.24, 2.45) is 0 Å². The summed E-state index contributed by atoms with van der Waals surface area (Å²) in [5, 5.41) is 10.5. The Morgan fingerprint density at radius 1 is 1.16 bits per heavy atom. The van der Waals surface area contributed by atoms with E-state index >= 15 is 0 Å². The Kier molecular flexibility index (Phi) is 4.55. The second-order valence-corrected chi connectivity index (χ2v) is 6.01. The van der Waals surface area contributed by atoms with Gasteiger partial charge < -0.3 is 10.1 Å². The maximum absolute atomic E-state index is 13.8. The molecule has 0 aliphatic rings. The molecule has 2 aromatic carbocycles. The smallest absolute Gasteiger partial charge is 0.311 e. The fourth-order valence-electron chi connectivity index (χ4n) is 2.74. The molecule has 1 heterocycles. The number of aromatic nitrogens is 1. The van der Waals surface area contributed by atoms with Gasteiger partial charge in [-0.3, -0.25) is 9.59 Å². The highest BCUT2D eigenvalue weighted by molar-refractivity contribution is 6.31. The molecule has 1 unspecified atom stereocenters. The van der Waals surface area contributed by atoms with E-state index in [0.29, 0.717) is 27.6 Å². The van der Waals surface area contributed by atoms with Crippen LogP contribution < -0.4 is 0 Å². The number of Topliss-reactive ketones (excluding diaryl/α,β-unsaturated/α-hetero) is 1. The predicted octanol–water partition coefficient (Wildman–Crippen LogP) is 4.54. The maximum atomic E-state index is 13.8. The van der Waals surface area contributed by atoms with E-state index in [2.05, 4.69) is 4.98 Å². The first-order valence-electron chi connectivity index (χ1n) is 7.34. The summed E-state index contributed by atoms with van der Waals surface area (Å²) in [6.45, 7) is 0. The van der Waals surface area contributed by atoms with Gasteiger partial charge in [-0.05, 0) is 35.9 Å². The molecule has 128 valence electrons. The Morgan fingerprint density at radius 2 is 1.92 bits per heavy atom. The molecule has 25 heavy (non-hydrogen) atoms. The number of hydrogen-bond donors (Lipinski definition) is 2. The lowest BCUT2D eigenvalue weighted by Gasteiger charge is -2.12. The molecule has 4 nitrogen and oxygen atoms in total. The van der Waals surface area contributed by atoms with Crippen LogP contribution in [-0.4, -0.2) is 21.8 Å². The standard InChI is InChI=1S/C18H12ClF2NO3/c19-9-1-4-16-12(5-9)14(8-22-16)13(18(24)25)7-17(23)11-3-2-10(20)6-15(11)21/h1-6,8,13,22H,7H2,(H,24,25). The number of carboxylic acid groups (broad SMARTS) is 1. The van der Waals surface area contributed by atoms with Gasteiger partial charge in [0.05, 0.1) is 11.5 Å². The van der Waals surface area contributed by atoms with Crippen molar-refractivity contribution in [2.75, 3.05) is 0 Å². The number of carbonyl (C=O) groups is 2. The van der Waals surface area contributed by atoms with Crippen LogP contribution in [-0.2, 0) is 4.79 Å². The van der Waals surface area contributed by atoms with E-state index in [1.54, 1.807) is 18.2 Å². The van der Waals surface area contributed by atoms with Crippen molar-refractivity contribution in [1.29, 1.82) is 0 Å². The fraction of sp³-hybridized carbons (Fsp3) is 0.111. The molecule has 0 saturated carbocycles. The fourth-order valence-corrected chi connectivity index (χ4v) is 2.92. The quantitative estimate of drug-likeness (QED) is 0.654. The Morgan fingerprint density at radius 3 is 2.60 bits per heavy atom. The summed E-state index contributed by atoms with van der Waals surface area (Å²) in [6, 6.07) is 7.51. The Labute approximate surface area is 146 Å². The SMILES string of the molecule is O=C(CC(C(=O)O)c1c[nH]c2ccc(Cl)cc12)c1ccc(F)cc1F. The number of carbonyl (C=O) groups excluding carboxylic acids is 1. The second-order valence-electron chi connectivity index (χ2n) is 5.58. The van der Waals surface area contributed by atoms with Gasteiger partial charge in [0.15, 0.2) is 5.78 Å². The third-order valence-corrected chi connectivity index (χ3v) is 4.21. The van der Waals surface area contributed by atoms with Crippen LogP contribution in [0, 0.1) is 11.6 Å². The van der Waals surface area contributed by atoms with Gasteiger partial charge in [-0.25, -0.2) is 8.78 Å². The zero-order valence-electron chi connectivity index (χ0n) is 12.7. The predicted molar refractivity (Wildman–Crippen MR) is 89.0 cm³/mol. The molecular weight excluding hydrogens is 352 g/mol. The average Bonchev–Trinajstić information content (AvgIpc) is 2.94. The number of halogens is 3. The molecule has 1 aromatic heterocycles. The van der Waals surface area contributed by atoms with E-state index < -0.39 is 35.7 Å². The Balaban J connectivity index is 1.97. The highest BCUT2D eigenvalue weighted by Crippen LogP contribution is 2.31. The molecule has 1 atom stereocenters. The van der Waals surface area contributed by atoms with Crippen molar-refractivity contribution in [2.45, 2.75) is 12.3 Å². The molecular formula is C18H12ClF2NO3. The van der Waals surface area contributed by atoms with Crippen LogP contribution in [0.1, 0.15) is 28.3 Å². The first kappa shape index (κ1) is 17.1. The van der Waals surface area contributed by atoms with Crippen LogP contribution in [0.25, 0.3) is 10.9 Å². The lowest BCUT2D eigenvalue weighted by Crippen LogP contribution is -2.17. The monoisotopic (exact) mass is 363 g/mol. The molecule has 7 heteroatoms. The van der Waals surface area contributed by atoms with Crippen LogP contribution >= 0.6 is 11.6 Å². The molecule has 0 aliphatic heterocycles. The minimum Gasteiger partial charge on any atom is -0.481 e. The second kappa shape index (κ2) is 6.64. The summed E-state index contributed by atoms with van der Waals surface area (Å²) < 4.78 is 26.7. The van der Waals surface area contributed by atoms with Crippen molar-refractivity contribution in [3.63, 3.8) is 0 Å². The van der Waals surface area contributed by atoms with Gasteiger partial charge in [-0.15, -0.1) is 0 Å². The van der Waals surface area contributed by atoms with Gasteiger partial charge >= 0.3 is 5.97 Å². The summed E-state index contributed by atoms with van der Waals surface area (Å²) in [4.78, 5) is 26.9. The van der Waals surface area contributed by atoms with Crippen molar-refractivity contribution < 1.29 is 23.5 Å². The van der Waals surface area contributed by atoms with Gasteiger partial charge in [0.2, 0.25) is 0 Å². The summed E-state index contributed by atoms with van der Waals surface area (Å²) in [7, 11) is 0. The van der Waals surface area contributed by atoms with Crippen LogP contribution in [0.3, 0.4) is 0 Å². The number of ketones is 1. The van der Waals surface area contributed by atoms with Crippen LogP contribution in [0.2, 0.25) is 5.02 Å². The molecule has 3 aromatic rings. The number of aliphatic carboxylic acids is 1. The van der Waals surface area contributed by atoms with Crippen molar-refractivity contribution in [3.8, 4) is 0 Å². The number of H-pyrrole nitrogens is 1. The highest BCUT2D eigenvalue weighted by Gasteiger charge is 2.27. The van der Waals surface area contributed by atoms with Crippen LogP contribution in [0.4, 0.5) is 8.78 Å². The minimum atomic E-state index is -1.23. The molecule has 3 rings (SSSR count). The van der Waals surface area contributed by atoms with Gasteiger partial charge in [0.25, 0.3) is 0 Å². The van der Waals surface area contributed by atoms with Gasteiger partial charge in [-0.1, -0.05) is 11.6 Å². The average molecular weight is 364 g/mol. The number of benzene rings is 2. The Bertz CT molecular complexity index is 984. The van der Waals surface area contributed by atoms with E-state index in [4.69, 9.17) is 11.6 Å². The molecule has 0 aliphatic carbocycles. The number of hydrogen-bond acceptors (Lipinski definition) is 2. The first-order chi connectivity index (χ1) is 11.9. The third-order valence-electron chi connectivity index (χ3n) is 3.97. The third kappa shape index (κ3) is 3.39. The topological polar surface area (TPSA) is 70.2 Å². The van der Waals surface area contributed by atoms with Crippen LogP contribution in [0.5, 0.6) is 0 Å². The summed E-state index contributed by atoms with van der Waals surface area (Å²) in [6.07, 6.45) is 1.03. The lowest BCUT2D eigenvalue weighted by atomic mass is 9.91. The normalized spacial score (nSPS) is 12.3. The van der Waals surface area contributed by atoms with E-state index in [9.17, 15) is 23.5 Å². The molecule has 0 bridgehead atoms. The first-order valence-corrected chi connectivity index (χ1v) is 7.72. The van der Waals surface area contributed by atoms with Crippen molar-refractivity contribution in [3.05, 3.63) is 70.4 Å². The zero-order chi connectivity index (χ0) is 18.1.